The fraction of sp³-hybridized carbons (Fsp3) is 0.304. The number of carbonyl (C=O) groups excluding carboxylic acids is 1. The maximum Gasteiger partial charge on any atom is 0.255 e. The van der Waals surface area contributed by atoms with Gasteiger partial charge in [0.25, 0.3) is 5.91 Å². The van der Waals surface area contributed by atoms with Gasteiger partial charge in [-0.05, 0) is 31.0 Å². The normalized spacial score (nSPS) is 15.2. The molecule has 2 heterocycles. The minimum absolute atomic E-state index is 0.0963. The minimum Gasteiger partial charge on any atom is -0.369 e. The Morgan fingerprint density at radius 3 is 2.30 bits per heavy atom. The molecule has 0 saturated carbocycles. The average molecular weight is 359 g/mol. The van der Waals surface area contributed by atoms with E-state index < -0.39 is 0 Å². The number of benzene rings is 2. The Morgan fingerprint density at radius 2 is 1.52 bits per heavy atom. The molecule has 0 atom stereocenters. The molecule has 27 heavy (non-hydrogen) atoms. The molecule has 4 nitrogen and oxygen atoms in total. The minimum atomic E-state index is -0.0963. The first kappa shape index (κ1) is 17.5. The van der Waals surface area contributed by atoms with E-state index >= 15 is 0 Å². The van der Waals surface area contributed by atoms with Crippen LogP contribution < -0.4 is 10.2 Å². The fourth-order valence-corrected chi connectivity index (χ4v) is 3.81. The Bertz CT molecular complexity index is 915. The molecule has 1 amide bonds. The van der Waals surface area contributed by atoms with Gasteiger partial charge in [-0.1, -0.05) is 55.7 Å². The third kappa shape index (κ3) is 3.95. The van der Waals surface area contributed by atoms with E-state index in [0.717, 1.165) is 35.4 Å². The van der Waals surface area contributed by atoms with Crippen LogP contribution in [0.4, 0.5) is 11.4 Å². The maximum absolute atomic E-state index is 12.8. The third-order valence-corrected chi connectivity index (χ3v) is 5.20. The highest BCUT2D eigenvalue weighted by Crippen LogP contribution is 2.34. The number of nitrogens with one attached hydrogen (secondary N) is 1. The molecule has 1 N–H and O–H groups in total. The lowest BCUT2D eigenvalue weighted by Crippen LogP contribution is -2.28. The van der Waals surface area contributed by atoms with Gasteiger partial charge in [-0.25, -0.2) is 0 Å². The van der Waals surface area contributed by atoms with Gasteiger partial charge in [0.05, 0.1) is 23.1 Å². The molecule has 0 bridgehead atoms. The molecule has 1 aliphatic heterocycles. The molecule has 2 aromatic carbocycles. The van der Waals surface area contributed by atoms with Crippen molar-refractivity contribution in [2.45, 2.75) is 32.1 Å². The molecule has 3 aromatic rings. The Hall–Kier alpha value is -2.88. The smallest absolute Gasteiger partial charge is 0.255 e. The highest BCUT2D eigenvalue weighted by Gasteiger charge is 2.18. The van der Waals surface area contributed by atoms with E-state index in [9.17, 15) is 4.79 Å². The molecule has 0 aliphatic carbocycles. The van der Waals surface area contributed by atoms with Crippen molar-refractivity contribution in [3.8, 4) is 0 Å². The lowest BCUT2D eigenvalue weighted by atomic mass is 10.1. The van der Waals surface area contributed by atoms with E-state index in [2.05, 4.69) is 21.3 Å². The summed E-state index contributed by atoms with van der Waals surface area (Å²) in [7, 11) is 0. The summed E-state index contributed by atoms with van der Waals surface area (Å²) in [5, 5.41) is 4.21. The van der Waals surface area contributed by atoms with Gasteiger partial charge in [0.2, 0.25) is 0 Å². The second kappa shape index (κ2) is 8.21. The third-order valence-electron chi connectivity index (χ3n) is 5.20. The molecule has 0 unspecified atom stereocenters. The van der Waals surface area contributed by atoms with Crippen LogP contribution in [-0.4, -0.2) is 24.0 Å². The van der Waals surface area contributed by atoms with Crippen molar-refractivity contribution in [2.24, 2.45) is 0 Å². The summed E-state index contributed by atoms with van der Waals surface area (Å²) >= 11 is 0. The predicted molar refractivity (Wildman–Crippen MR) is 111 cm³/mol. The topological polar surface area (TPSA) is 45.2 Å². The first-order valence-electron chi connectivity index (χ1n) is 9.82. The number of pyridine rings is 1. The molecule has 1 aromatic heterocycles. The molecule has 0 spiro atoms. The lowest BCUT2D eigenvalue weighted by Gasteiger charge is -2.30. The van der Waals surface area contributed by atoms with Crippen LogP contribution in [-0.2, 0) is 0 Å². The van der Waals surface area contributed by atoms with Crippen molar-refractivity contribution in [2.75, 3.05) is 23.3 Å². The van der Waals surface area contributed by atoms with Crippen LogP contribution >= 0.6 is 0 Å². The van der Waals surface area contributed by atoms with E-state index in [1.165, 1.54) is 32.1 Å². The van der Waals surface area contributed by atoms with Gasteiger partial charge in [0, 0.05) is 24.0 Å². The molecule has 1 saturated heterocycles. The number of hydrogen-bond acceptors (Lipinski definition) is 3. The number of hydrogen-bond donors (Lipinski definition) is 1. The van der Waals surface area contributed by atoms with Gasteiger partial charge in [0.15, 0.2) is 0 Å². The molecule has 1 fully saturated rings. The van der Waals surface area contributed by atoms with Gasteiger partial charge < -0.3 is 10.2 Å². The number of aromatic nitrogens is 1. The number of anilines is 2. The second-order valence-corrected chi connectivity index (χ2v) is 7.11. The van der Waals surface area contributed by atoms with Crippen LogP contribution in [0.3, 0.4) is 0 Å². The fourth-order valence-electron chi connectivity index (χ4n) is 3.81. The van der Waals surface area contributed by atoms with Crippen molar-refractivity contribution < 1.29 is 4.79 Å². The molecular weight excluding hydrogens is 334 g/mol. The van der Waals surface area contributed by atoms with Gasteiger partial charge in [-0.2, -0.15) is 0 Å². The van der Waals surface area contributed by atoms with E-state index in [1.807, 2.05) is 48.5 Å². The summed E-state index contributed by atoms with van der Waals surface area (Å²) < 4.78 is 0. The number of nitrogens with zero attached hydrogens (tertiary/aromatic N) is 2. The number of rotatable bonds is 3. The quantitative estimate of drug-likeness (QED) is 0.694. The zero-order valence-electron chi connectivity index (χ0n) is 15.5. The van der Waals surface area contributed by atoms with Gasteiger partial charge >= 0.3 is 0 Å². The van der Waals surface area contributed by atoms with Gasteiger partial charge in [0.1, 0.15) is 0 Å². The van der Waals surface area contributed by atoms with E-state index in [-0.39, 0.29) is 5.91 Å². The largest absolute Gasteiger partial charge is 0.369 e. The zero-order chi connectivity index (χ0) is 18.5. The summed E-state index contributed by atoms with van der Waals surface area (Å²) in [6.07, 6.45) is 8.03. The number of fused-ring (bicyclic) bond motifs is 1. The maximum atomic E-state index is 12.8. The lowest BCUT2D eigenvalue weighted by molar-refractivity contribution is 0.102. The van der Waals surface area contributed by atoms with Crippen LogP contribution in [0.15, 0.2) is 60.8 Å². The average Bonchev–Trinajstić information content (AvgIpc) is 2.69. The van der Waals surface area contributed by atoms with Crippen LogP contribution in [0.5, 0.6) is 0 Å². The van der Waals surface area contributed by atoms with E-state index in [4.69, 9.17) is 0 Å². The Kier molecular flexibility index (Phi) is 5.33. The van der Waals surface area contributed by atoms with Crippen LogP contribution in [0.2, 0.25) is 0 Å². The molecular formula is C23H25N3O. The van der Waals surface area contributed by atoms with Crippen LogP contribution in [0, 0.1) is 0 Å². The summed E-state index contributed by atoms with van der Waals surface area (Å²) in [5.41, 5.74) is 3.52. The van der Waals surface area contributed by atoms with Crippen molar-refractivity contribution in [3.63, 3.8) is 0 Å². The number of carbonyl (C=O) groups is 1. The molecule has 1 aliphatic rings. The summed E-state index contributed by atoms with van der Waals surface area (Å²) in [6, 6.07) is 17.5. The van der Waals surface area contributed by atoms with Gasteiger partial charge in [-0.3, -0.25) is 9.78 Å². The Labute approximate surface area is 160 Å². The van der Waals surface area contributed by atoms with Crippen molar-refractivity contribution in [1.82, 2.24) is 4.98 Å². The van der Waals surface area contributed by atoms with E-state index in [1.54, 1.807) is 6.20 Å². The van der Waals surface area contributed by atoms with Crippen molar-refractivity contribution >= 4 is 28.2 Å². The summed E-state index contributed by atoms with van der Waals surface area (Å²) in [5.74, 6) is -0.0963. The predicted octanol–water partition coefficient (Wildman–Crippen LogP) is 5.26. The SMILES string of the molecule is O=C(Nc1cnc2ccccc2c1N1CCCCCCC1)c1ccccc1. The summed E-state index contributed by atoms with van der Waals surface area (Å²) in [6.45, 7) is 2.03. The molecule has 4 heteroatoms. The highest BCUT2D eigenvalue weighted by atomic mass is 16.1. The van der Waals surface area contributed by atoms with Crippen molar-refractivity contribution in [3.05, 3.63) is 66.4 Å². The summed E-state index contributed by atoms with van der Waals surface area (Å²) in [4.78, 5) is 19.8. The Morgan fingerprint density at radius 1 is 0.852 bits per heavy atom. The standard InChI is InChI=1S/C23H25N3O/c27-23(18-11-5-4-6-12-18)25-21-17-24-20-14-8-7-13-19(20)22(21)26-15-9-2-1-3-10-16-26/h4-8,11-14,17H,1-3,9-10,15-16H2,(H,25,27). The van der Waals surface area contributed by atoms with Crippen molar-refractivity contribution in [1.29, 1.82) is 0 Å². The zero-order valence-corrected chi connectivity index (χ0v) is 15.5. The highest BCUT2D eigenvalue weighted by molar-refractivity contribution is 6.09. The molecule has 0 radical (unpaired) electrons. The second-order valence-electron chi connectivity index (χ2n) is 7.11. The van der Waals surface area contributed by atoms with Gasteiger partial charge in [-0.15, -0.1) is 0 Å². The Balaban J connectivity index is 1.74. The molecule has 138 valence electrons. The molecule has 4 rings (SSSR count). The number of para-hydroxylation sites is 1. The first-order valence-corrected chi connectivity index (χ1v) is 9.82. The van der Waals surface area contributed by atoms with Crippen LogP contribution in [0.25, 0.3) is 10.9 Å². The van der Waals surface area contributed by atoms with Crippen LogP contribution in [0.1, 0.15) is 42.5 Å². The first-order chi connectivity index (χ1) is 13.3. The monoisotopic (exact) mass is 359 g/mol. The number of amides is 1. The van der Waals surface area contributed by atoms with E-state index in [0.29, 0.717) is 5.56 Å².